The minimum atomic E-state index is -0.0661. The van der Waals surface area contributed by atoms with Gasteiger partial charge in [0.15, 0.2) is 6.61 Å². The van der Waals surface area contributed by atoms with Crippen LogP contribution in [0.5, 0.6) is 5.75 Å². The molecule has 2 aliphatic rings. The Labute approximate surface area is 177 Å². The van der Waals surface area contributed by atoms with Crippen LogP contribution < -0.4 is 15.4 Å². The summed E-state index contributed by atoms with van der Waals surface area (Å²) in [5.41, 5.74) is 8.30. The normalized spacial score (nSPS) is 21.2. The van der Waals surface area contributed by atoms with E-state index in [0.717, 1.165) is 18.7 Å². The highest BCUT2D eigenvalue weighted by molar-refractivity contribution is 5.95. The summed E-state index contributed by atoms with van der Waals surface area (Å²) in [7, 11) is 0. The molecule has 2 aliphatic heterocycles. The number of amides is 2. The van der Waals surface area contributed by atoms with Crippen LogP contribution in [0.15, 0.2) is 54.6 Å². The first-order valence-corrected chi connectivity index (χ1v) is 9.73. The highest BCUT2D eigenvalue weighted by Gasteiger charge is 2.33. The predicted octanol–water partition coefficient (Wildman–Crippen LogP) is 2.57. The Morgan fingerprint density at radius 1 is 1.07 bits per heavy atom. The molecule has 2 aromatic rings. The summed E-state index contributed by atoms with van der Waals surface area (Å²) < 4.78 is 5.67. The van der Waals surface area contributed by atoms with Crippen molar-refractivity contribution in [3.63, 3.8) is 0 Å². The third kappa shape index (κ3) is 4.71. The van der Waals surface area contributed by atoms with Crippen LogP contribution in [0.4, 0.5) is 5.69 Å². The van der Waals surface area contributed by atoms with Crippen molar-refractivity contribution in [2.45, 2.75) is 24.8 Å². The molecule has 4 rings (SSSR count). The molecule has 2 fully saturated rings. The van der Waals surface area contributed by atoms with Crippen LogP contribution in [-0.2, 0) is 9.59 Å². The fraction of sp³-hybridized carbons (Fsp3) is 0.364. The van der Waals surface area contributed by atoms with E-state index in [1.54, 1.807) is 21.9 Å². The first kappa shape index (κ1) is 21.1. The zero-order chi connectivity index (χ0) is 19.5. The molecule has 0 bridgehead atoms. The average Bonchev–Trinajstić information content (AvgIpc) is 3.33. The maximum atomic E-state index is 12.6. The smallest absolute Gasteiger partial charge is 0.260 e. The predicted molar refractivity (Wildman–Crippen MR) is 115 cm³/mol. The number of likely N-dealkylation sites (tertiary alicyclic amines) is 1. The molecule has 2 saturated heterocycles. The Hall–Kier alpha value is -2.57. The van der Waals surface area contributed by atoms with Crippen molar-refractivity contribution in [3.05, 3.63) is 60.2 Å². The molecule has 0 aliphatic carbocycles. The van der Waals surface area contributed by atoms with Gasteiger partial charge in [0.1, 0.15) is 5.75 Å². The van der Waals surface area contributed by atoms with Gasteiger partial charge in [0, 0.05) is 43.7 Å². The van der Waals surface area contributed by atoms with Gasteiger partial charge in [-0.2, -0.15) is 0 Å². The molecule has 2 heterocycles. The van der Waals surface area contributed by atoms with Crippen molar-refractivity contribution in [1.29, 1.82) is 0 Å². The fourth-order valence-corrected chi connectivity index (χ4v) is 3.97. The summed E-state index contributed by atoms with van der Waals surface area (Å²) >= 11 is 0. The summed E-state index contributed by atoms with van der Waals surface area (Å²) in [6.45, 7) is 1.90. The van der Waals surface area contributed by atoms with E-state index >= 15 is 0 Å². The molecule has 0 aromatic heterocycles. The number of hydrogen-bond donors (Lipinski definition) is 1. The molecule has 0 unspecified atom stereocenters. The monoisotopic (exact) mass is 415 g/mol. The van der Waals surface area contributed by atoms with Gasteiger partial charge >= 0.3 is 0 Å². The molecule has 2 atom stereocenters. The van der Waals surface area contributed by atoms with Gasteiger partial charge in [-0.15, -0.1) is 12.4 Å². The summed E-state index contributed by atoms with van der Waals surface area (Å²) in [5.74, 6) is 0.865. The fourth-order valence-electron chi connectivity index (χ4n) is 3.97. The summed E-state index contributed by atoms with van der Waals surface area (Å²) in [6.07, 6.45) is 1.50. The van der Waals surface area contributed by atoms with Gasteiger partial charge < -0.3 is 20.3 Å². The first-order chi connectivity index (χ1) is 13.6. The third-order valence-corrected chi connectivity index (χ3v) is 5.53. The van der Waals surface area contributed by atoms with Crippen molar-refractivity contribution in [1.82, 2.24) is 4.90 Å². The number of nitrogens with two attached hydrogens (primary N) is 1. The largest absolute Gasteiger partial charge is 0.484 e. The van der Waals surface area contributed by atoms with E-state index in [2.05, 4.69) is 12.1 Å². The number of hydrogen-bond acceptors (Lipinski definition) is 4. The highest BCUT2D eigenvalue weighted by atomic mass is 35.5. The van der Waals surface area contributed by atoms with E-state index in [9.17, 15) is 9.59 Å². The summed E-state index contributed by atoms with van der Waals surface area (Å²) in [5, 5.41) is 0. The molecular formula is C22H26ClN3O3. The van der Waals surface area contributed by atoms with Gasteiger partial charge in [-0.1, -0.05) is 30.3 Å². The van der Waals surface area contributed by atoms with Crippen molar-refractivity contribution in [2.75, 3.05) is 31.1 Å². The number of rotatable bonds is 5. The molecular weight excluding hydrogens is 390 g/mol. The van der Waals surface area contributed by atoms with Crippen molar-refractivity contribution in [2.24, 2.45) is 5.73 Å². The Morgan fingerprint density at radius 3 is 2.45 bits per heavy atom. The standard InChI is InChI=1S/C22H25N3O3.ClH/c23-20-14-24(13-19(20)16-5-2-1-3-6-16)22(27)15-28-18-10-8-17(9-11-18)25-12-4-7-21(25)26;/h1-3,5-6,8-11,19-20H,4,7,12-15,23H2;1H/t19-,20+;/m0./s1. The average molecular weight is 416 g/mol. The number of halogens is 1. The van der Waals surface area contributed by atoms with Crippen molar-refractivity contribution < 1.29 is 14.3 Å². The van der Waals surface area contributed by atoms with Crippen LogP contribution in [0.3, 0.4) is 0 Å². The maximum absolute atomic E-state index is 12.6. The van der Waals surface area contributed by atoms with Gasteiger partial charge in [-0.05, 0) is 36.2 Å². The SMILES string of the molecule is Cl.N[C@@H]1CN(C(=O)COc2ccc(N3CCCC3=O)cc2)C[C@H]1c1ccccc1. The molecule has 6 nitrogen and oxygen atoms in total. The quantitative estimate of drug-likeness (QED) is 0.814. The Kier molecular flexibility index (Phi) is 6.77. The second-order valence-electron chi connectivity index (χ2n) is 7.41. The minimum absolute atomic E-state index is 0. The Balaban J connectivity index is 0.00000240. The number of carbonyl (C=O) groups is 2. The highest BCUT2D eigenvalue weighted by Crippen LogP contribution is 2.27. The van der Waals surface area contributed by atoms with Gasteiger partial charge in [0.2, 0.25) is 5.91 Å². The topological polar surface area (TPSA) is 75.9 Å². The van der Waals surface area contributed by atoms with Gasteiger partial charge in [-0.3, -0.25) is 9.59 Å². The van der Waals surface area contributed by atoms with E-state index in [-0.39, 0.29) is 42.8 Å². The number of anilines is 1. The van der Waals surface area contributed by atoms with Gasteiger partial charge in [0.25, 0.3) is 5.91 Å². The molecule has 0 radical (unpaired) electrons. The lowest BCUT2D eigenvalue weighted by Crippen LogP contribution is -2.35. The lowest BCUT2D eigenvalue weighted by Gasteiger charge is -2.18. The third-order valence-electron chi connectivity index (χ3n) is 5.53. The van der Waals surface area contributed by atoms with Crippen molar-refractivity contribution in [3.8, 4) is 5.75 Å². The second kappa shape index (κ2) is 9.29. The number of benzene rings is 2. The molecule has 2 amide bonds. The Bertz CT molecular complexity index is 844. The van der Waals surface area contributed by atoms with Crippen LogP contribution >= 0.6 is 12.4 Å². The van der Waals surface area contributed by atoms with E-state index in [0.29, 0.717) is 25.3 Å². The van der Waals surface area contributed by atoms with Crippen LogP contribution in [0, 0.1) is 0 Å². The molecule has 2 N–H and O–H groups in total. The van der Waals surface area contributed by atoms with Crippen LogP contribution in [0.1, 0.15) is 24.3 Å². The number of carbonyl (C=O) groups excluding carboxylic acids is 2. The zero-order valence-corrected chi connectivity index (χ0v) is 17.0. The van der Waals surface area contributed by atoms with Gasteiger partial charge in [0.05, 0.1) is 0 Å². The van der Waals surface area contributed by atoms with E-state index in [4.69, 9.17) is 10.5 Å². The zero-order valence-electron chi connectivity index (χ0n) is 16.2. The number of nitrogens with zero attached hydrogens (tertiary/aromatic N) is 2. The van der Waals surface area contributed by atoms with E-state index in [1.165, 1.54) is 5.56 Å². The first-order valence-electron chi connectivity index (χ1n) is 9.73. The van der Waals surface area contributed by atoms with Gasteiger partial charge in [-0.25, -0.2) is 0 Å². The van der Waals surface area contributed by atoms with Crippen LogP contribution in [-0.4, -0.2) is 49.0 Å². The van der Waals surface area contributed by atoms with Crippen LogP contribution in [0.2, 0.25) is 0 Å². The molecule has 0 saturated carbocycles. The lowest BCUT2D eigenvalue weighted by atomic mass is 9.95. The van der Waals surface area contributed by atoms with E-state index in [1.807, 2.05) is 30.3 Å². The van der Waals surface area contributed by atoms with Crippen LogP contribution in [0.25, 0.3) is 0 Å². The van der Waals surface area contributed by atoms with E-state index < -0.39 is 0 Å². The minimum Gasteiger partial charge on any atom is -0.484 e. The summed E-state index contributed by atoms with van der Waals surface area (Å²) in [6, 6.07) is 17.3. The number of ether oxygens (including phenoxy) is 1. The molecule has 0 spiro atoms. The second-order valence-corrected chi connectivity index (χ2v) is 7.41. The Morgan fingerprint density at radius 2 is 1.79 bits per heavy atom. The molecule has 7 heteroatoms. The van der Waals surface area contributed by atoms with Crippen molar-refractivity contribution >= 4 is 29.9 Å². The maximum Gasteiger partial charge on any atom is 0.260 e. The lowest BCUT2D eigenvalue weighted by molar-refractivity contribution is -0.132. The molecule has 154 valence electrons. The molecule has 2 aromatic carbocycles. The summed E-state index contributed by atoms with van der Waals surface area (Å²) in [4.78, 5) is 27.9. The molecule has 29 heavy (non-hydrogen) atoms.